The molecule has 0 amide bonds. The Morgan fingerprint density at radius 2 is 2.00 bits per heavy atom. The monoisotopic (exact) mass is 343 g/mol. The number of H-pyrrole nitrogens is 1. The predicted molar refractivity (Wildman–Crippen MR) is 85.2 cm³/mol. The highest BCUT2D eigenvalue weighted by Gasteiger charge is 2.30. The molecule has 1 unspecified atom stereocenters. The lowest BCUT2D eigenvalue weighted by Crippen LogP contribution is -2.22. The van der Waals surface area contributed by atoms with Gasteiger partial charge in [-0.25, -0.2) is 23.9 Å². The van der Waals surface area contributed by atoms with E-state index in [0.29, 0.717) is 17.0 Å². The van der Waals surface area contributed by atoms with Gasteiger partial charge in [-0.15, -0.1) is 0 Å². The SMILES string of the molecule is COC(=O)C(OC(=O)c1ccnc2nc(C)[nH]c12)c1ccccc1F. The second-order valence-electron chi connectivity index (χ2n) is 5.21. The van der Waals surface area contributed by atoms with Crippen LogP contribution in [0.1, 0.15) is 27.8 Å². The molecule has 0 saturated heterocycles. The van der Waals surface area contributed by atoms with E-state index < -0.39 is 23.9 Å². The molecule has 1 N–H and O–H groups in total. The highest BCUT2D eigenvalue weighted by molar-refractivity contribution is 6.01. The second kappa shape index (κ2) is 6.68. The van der Waals surface area contributed by atoms with E-state index >= 15 is 0 Å². The summed E-state index contributed by atoms with van der Waals surface area (Å²) in [5.41, 5.74) is 0.763. The van der Waals surface area contributed by atoms with Crippen LogP contribution >= 0.6 is 0 Å². The number of pyridine rings is 1. The number of esters is 2. The van der Waals surface area contributed by atoms with Crippen molar-refractivity contribution in [3.8, 4) is 0 Å². The number of ether oxygens (including phenoxy) is 2. The molecule has 8 heteroatoms. The molecule has 0 saturated carbocycles. The fourth-order valence-electron chi connectivity index (χ4n) is 2.40. The molecule has 128 valence electrons. The number of imidazole rings is 1. The van der Waals surface area contributed by atoms with E-state index in [2.05, 4.69) is 19.7 Å². The van der Waals surface area contributed by atoms with Gasteiger partial charge in [0.15, 0.2) is 5.65 Å². The Labute approximate surface area is 141 Å². The van der Waals surface area contributed by atoms with Crippen LogP contribution in [0.2, 0.25) is 0 Å². The maximum Gasteiger partial charge on any atom is 0.352 e. The first-order valence-electron chi connectivity index (χ1n) is 7.36. The van der Waals surface area contributed by atoms with Gasteiger partial charge in [0, 0.05) is 11.8 Å². The largest absolute Gasteiger partial charge is 0.466 e. The highest BCUT2D eigenvalue weighted by atomic mass is 19.1. The lowest BCUT2D eigenvalue weighted by molar-refractivity contribution is -0.151. The van der Waals surface area contributed by atoms with Gasteiger partial charge in [-0.1, -0.05) is 18.2 Å². The van der Waals surface area contributed by atoms with Gasteiger partial charge in [0.2, 0.25) is 6.10 Å². The number of fused-ring (bicyclic) bond motifs is 1. The Bertz CT molecular complexity index is 954. The predicted octanol–water partition coefficient (Wildman–Crippen LogP) is 2.48. The molecule has 0 aliphatic heterocycles. The summed E-state index contributed by atoms with van der Waals surface area (Å²) in [6, 6.07) is 6.95. The van der Waals surface area contributed by atoms with Crippen LogP contribution in [-0.4, -0.2) is 34.0 Å². The van der Waals surface area contributed by atoms with Crippen LogP contribution in [0.25, 0.3) is 11.2 Å². The molecule has 2 aromatic heterocycles. The minimum Gasteiger partial charge on any atom is -0.466 e. The first kappa shape index (κ1) is 16.6. The lowest BCUT2D eigenvalue weighted by atomic mass is 10.1. The van der Waals surface area contributed by atoms with Crippen LogP contribution in [-0.2, 0) is 14.3 Å². The number of nitrogens with zero attached hydrogens (tertiary/aromatic N) is 2. The van der Waals surface area contributed by atoms with Gasteiger partial charge in [0.05, 0.1) is 18.2 Å². The number of nitrogens with one attached hydrogen (secondary N) is 1. The van der Waals surface area contributed by atoms with Crippen molar-refractivity contribution in [1.82, 2.24) is 15.0 Å². The number of halogens is 1. The highest BCUT2D eigenvalue weighted by Crippen LogP contribution is 2.25. The third-order valence-corrected chi connectivity index (χ3v) is 3.56. The van der Waals surface area contributed by atoms with Gasteiger partial charge >= 0.3 is 11.9 Å². The van der Waals surface area contributed by atoms with E-state index in [4.69, 9.17) is 4.74 Å². The lowest BCUT2D eigenvalue weighted by Gasteiger charge is -2.16. The molecule has 0 bridgehead atoms. The standard InChI is InChI=1S/C17H14FN3O4/c1-9-20-13-11(7-8-19-15(13)21-9)16(22)25-14(17(23)24-2)10-5-3-4-6-12(10)18/h3-8,14H,1-2H3,(H,19,20,21). The number of rotatable bonds is 4. The summed E-state index contributed by atoms with van der Waals surface area (Å²) in [5.74, 6) is -1.82. The molecular weight excluding hydrogens is 329 g/mol. The second-order valence-corrected chi connectivity index (χ2v) is 5.21. The van der Waals surface area contributed by atoms with Gasteiger partial charge in [-0.2, -0.15) is 0 Å². The molecule has 0 radical (unpaired) electrons. The van der Waals surface area contributed by atoms with Crippen molar-refractivity contribution in [2.24, 2.45) is 0 Å². The van der Waals surface area contributed by atoms with Crippen LogP contribution < -0.4 is 0 Å². The van der Waals surface area contributed by atoms with E-state index in [1.54, 1.807) is 6.92 Å². The molecular formula is C17H14FN3O4. The average Bonchev–Trinajstić information content (AvgIpc) is 2.99. The Morgan fingerprint density at radius 3 is 2.72 bits per heavy atom. The fraction of sp³-hybridized carbons (Fsp3) is 0.176. The first-order valence-corrected chi connectivity index (χ1v) is 7.36. The third kappa shape index (κ3) is 3.18. The summed E-state index contributed by atoms with van der Waals surface area (Å²) in [4.78, 5) is 35.6. The van der Waals surface area contributed by atoms with Crippen molar-refractivity contribution in [3.05, 3.63) is 59.3 Å². The molecule has 0 aliphatic carbocycles. The number of methoxy groups -OCH3 is 1. The topological polar surface area (TPSA) is 94.2 Å². The van der Waals surface area contributed by atoms with E-state index in [9.17, 15) is 14.0 Å². The average molecular weight is 343 g/mol. The summed E-state index contributed by atoms with van der Waals surface area (Å²) in [6.45, 7) is 1.72. The van der Waals surface area contributed by atoms with Crippen molar-refractivity contribution >= 4 is 23.1 Å². The van der Waals surface area contributed by atoms with Crippen molar-refractivity contribution in [1.29, 1.82) is 0 Å². The van der Waals surface area contributed by atoms with Gasteiger partial charge in [-0.05, 0) is 19.1 Å². The normalized spacial score (nSPS) is 12.0. The molecule has 1 atom stereocenters. The third-order valence-electron chi connectivity index (χ3n) is 3.56. The number of carbonyl (C=O) groups excluding carboxylic acids is 2. The Morgan fingerprint density at radius 1 is 1.24 bits per heavy atom. The first-order chi connectivity index (χ1) is 12.0. The van der Waals surface area contributed by atoms with Gasteiger partial charge < -0.3 is 14.5 Å². The molecule has 25 heavy (non-hydrogen) atoms. The van der Waals surface area contributed by atoms with E-state index in [0.717, 1.165) is 7.11 Å². The van der Waals surface area contributed by atoms with Crippen LogP contribution in [0.5, 0.6) is 0 Å². The van der Waals surface area contributed by atoms with Crippen molar-refractivity contribution in [2.45, 2.75) is 13.0 Å². The van der Waals surface area contributed by atoms with E-state index in [1.807, 2.05) is 0 Å². The Kier molecular flexibility index (Phi) is 4.42. The number of hydrogen-bond acceptors (Lipinski definition) is 6. The van der Waals surface area contributed by atoms with E-state index in [-0.39, 0.29) is 11.1 Å². The smallest absolute Gasteiger partial charge is 0.352 e. The molecule has 0 aliphatic rings. The number of benzene rings is 1. The van der Waals surface area contributed by atoms with Crippen LogP contribution in [0.15, 0.2) is 36.5 Å². The van der Waals surface area contributed by atoms with Crippen molar-refractivity contribution in [2.75, 3.05) is 7.11 Å². The number of aryl methyl sites for hydroxylation is 1. The molecule has 7 nitrogen and oxygen atoms in total. The van der Waals surface area contributed by atoms with Gasteiger partial charge in [0.1, 0.15) is 11.6 Å². The van der Waals surface area contributed by atoms with E-state index in [1.165, 1.54) is 36.5 Å². The zero-order chi connectivity index (χ0) is 18.0. The summed E-state index contributed by atoms with van der Waals surface area (Å²) in [6.07, 6.45) is -0.124. The summed E-state index contributed by atoms with van der Waals surface area (Å²) in [5, 5.41) is 0. The Hall–Kier alpha value is -3.29. The minimum atomic E-state index is -1.52. The van der Waals surface area contributed by atoms with Crippen molar-refractivity contribution < 1.29 is 23.5 Å². The maximum absolute atomic E-state index is 14.0. The molecule has 3 rings (SSSR count). The van der Waals surface area contributed by atoms with Crippen LogP contribution in [0.4, 0.5) is 4.39 Å². The molecule has 3 aromatic rings. The molecule has 1 aromatic carbocycles. The summed E-state index contributed by atoms with van der Waals surface area (Å²) in [7, 11) is 1.13. The van der Waals surface area contributed by atoms with Crippen LogP contribution in [0, 0.1) is 12.7 Å². The quantitative estimate of drug-likeness (QED) is 0.732. The number of aromatic nitrogens is 3. The van der Waals surface area contributed by atoms with Gasteiger partial charge in [0.25, 0.3) is 0 Å². The van der Waals surface area contributed by atoms with Gasteiger partial charge in [-0.3, -0.25) is 0 Å². The summed E-state index contributed by atoms with van der Waals surface area (Å²) >= 11 is 0. The molecule has 0 fully saturated rings. The number of hydrogen-bond donors (Lipinski definition) is 1. The number of aromatic amines is 1. The molecule has 0 spiro atoms. The number of carbonyl (C=O) groups is 2. The minimum absolute atomic E-state index is 0.0891. The summed E-state index contributed by atoms with van der Waals surface area (Å²) < 4.78 is 23.9. The zero-order valence-electron chi connectivity index (χ0n) is 13.4. The van der Waals surface area contributed by atoms with Crippen molar-refractivity contribution in [3.63, 3.8) is 0 Å². The maximum atomic E-state index is 14.0. The molecule has 2 heterocycles. The Balaban J connectivity index is 1.98. The van der Waals surface area contributed by atoms with Crippen LogP contribution in [0.3, 0.4) is 0 Å². The zero-order valence-corrected chi connectivity index (χ0v) is 13.4. The fourth-order valence-corrected chi connectivity index (χ4v) is 2.40.